The smallest absolute Gasteiger partial charge is 0.381 e. The van der Waals surface area contributed by atoms with Crippen LogP contribution in [-0.2, 0) is 0 Å². The molecule has 0 aromatic carbocycles. The molecule has 0 atom stereocenters. The molecule has 62 valence electrons. The Kier molecular flexibility index (Phi) is 2.61. The van der Waals surface area contributed by atoms with E-state index in [4.69, 9.17) is 5.26 Å². The first kappa shape index (κ1) is 8.49. The quantitative estimate of drug-likeness (QED) is 0.696. The number of thiazole rings is 1. The first-order valence-corrected chi connectivity index (χ1v) is 3.83. The third-order valence-electron chi connectivity index (χ3n) is 0.979. The lowest BCUT2D eigenvalue weighted by atomic mass is 10.6. The number of hydrogen-bond acceptors (Lipinski definition) is 5. The van der Waals surface area contributed by atoms with Crippen LogP contribution in [0, 0.1) is 11.3 Å². The predicted molar refractivity (Wildman–Crippen MR) is 41.9 cm³/mol. The second kappa shape index (κ2) is 3.69. The van der Waals surface area contributed by atoms with Crippen LogP contribution in [0.5, 0.6) is 5.19 Å². The standard InChI is InChI=1S/C6H5N3O2S/c1-8-5(10)11-6-9-3-4(2-7)12-6/h3H,1H3,(H,8,10). The minimum Gasteiger partial charge on any atom is -0.381 e. The van der Waals surface area contributed by atoms with Crippen molar-refractivity contribution in [3.63, 3.8) is 0 Å². The summed E-state index contributed by atoms with van der Waals surface area (Å²) in [6.45, 7) is 0. The highest BCUT2D eigenvalue weighted by atomic mass is 32.1. The topological polar surface area (TPSA) is 75.0 Å². The van der Waals surface area contributed by atoms with Crippen LogP contribution in [0.3, 0.4) is 0 Å². The van der Waals surface area contributed by atoms with Gasteiger partial charge in [0.2, 0.25) is 0 Å². The predicted octanol–water partition coefficient (Wildman–Crippen LogP) is 0.733. The second-order valence-electron chi connectivity index (χ2n) is 1.74. The lowest BCUT2D eigenvalue weighted by Crippen LogP contribution is -2.21. The van der Waals surface area contributed by atoms with Gasteiger partial charge in [-0.1, -0.05) is 11.3 Å². The first-order chi connectivity index (χ1) is 5.76. The zero-order valence-corrected chi connectivity index (χ0v) is 7.01. The summed E-state index contributed by atoms with van der Waals surface area (Å²) >= 11 is 1.02. The highest BCUT2D eigenvalue weighted by Crippen LogP contribution is 2.19. The molecule has 0 aliphatic carbocycles. The molecule has 0 saturated heterocycles. The average molecular weight is 183 g/mol. The van der Waals surface area contributed by atoms with Crippen molar-refractivity contribution in [1.29, 1.82) is 5.26 Å². The Hall–Kier alpha value is -1.61. The molecule has 1 N–H and O–H groups in total. The van der Waals surface area contributed by atoms with Gasteiger partial charge in [-0.15, -0.1) is 0 Å². The molecule has 1 heterocycles. The molecule has 1 amide bonds. The van der Waals surface area contributed by atoms with E-state index < -0.39 is 6.09 Å². The van der Waals surface area contributed by atoms with E-state index in [1.54, 1.807) is 0 Å². The Morgan fingerprint density at radius 2 is 2.67 bits per heavy atom. The van der Waals surface area contributed by atoms with Crippen molar-refractivity contribution in [2.45, 2.75) is 0 Å². The van der Waals surface area contributed by atoms with Gasteiger partial charge in [0.25, 0.3) is 5.19 Å². The third-order valence-corrected chi connectivity index (χ3v) is 1.76. The molecular weight excluding hydrogens is 178 g/mol. The zero-order chi connectivity index (χ0) is 8.97. The summed E-state index contributed by atoms with van der Waals surface area (Å²) in [5, 5.41) is 10.8. The van der Waals surface area contributed by atoms with Gasteiger partial charge in [0.1, 0.15) is 10.9 Å². The number of carbonyl (C=O) groups excluding carboxylic acids is 1. The van der Waals surface area contributed by atoms with Gasteiger partial charge in [-0.05, 0) is 0 Å². The van der Waals surface area contributed by atoms with Crippen LogP contribution in [0.2, 0.25) is 0 Å². The van der Waals surface area contributed by atoms with E-state index in [9.17, 15) is 4.79 Å². The van der Waals surface area contributed by atoms with Gasteiger partial charge in [-0.2, -0.15) is 5.26 Å². The second-order valence-corrected chi connectivity index (χ2v) is 2.73. The normalized spacial score (nSPS) is 8.67. The van der Waals surface area contributed by atoms with Crippen molar-refractivity contribution in [2.75, 3.05) is 7.05 Å². The maximum absolute atomic E-state index is 10.6. The number of carbonyl (C=O) groups is 1. The van der Waals surface area contributed by atoms with Gasteiger partial charge in [-0.3, -0.25) is 0 Å². The molecule has 0 fully saturated rings. The zero-order valence-electron chi connectivity index (χ0n) is 6.20. The molecular formula is C6H5N3O2S. The Balaban J connectivity index is 2.65. The Morgan fingerprint density at radius 1 is 1.92 bits per heavy atom. The van der Waals surface area contributed by atoms with Crippen molar-refractivity contribution in [3.8, 4) is 11.3 Å². The highest BCUT2D eigenvalue weighted by Gasteiger charge is 2.05. The van der Waals surface area contributed by atoms with Gasteiger partial charge in [-0.25, -0.2) is 9.78 Å². The van der Waals surface area contributed by atoms with E-state index in [0.717, 1.165) is 11.3 Å². The lowest BCUT2D eigenvalue weighted by Gasteiger charge is -1.95. The third kappa shape index (κ3) is 1.93. The monoisotopic (exact) mass is 183 g/mol. The Morgan fingerprint density at radius 3 is 3.17 bits per heavy atom. The van der Waals surface area contributed by atoms with Crippen LogP contribution >= 0.6 is 11.3 Å². The number of nitriles is 1. The summed E-state index contributed by atoms with van der Waals surface area (Å²) in [6.07, 6.45) is 0.761. The van der Waals surface area contributed by atoms with E-state index in [1.807, 2.05) is 6.07 Å². The van der Waals surface area contributed by atoms with Gasteiger partial charge in [0, 0.05) is 7.05 Å². The average Bonchev–Trinajstić information content (AvgIpc) is 2.52. The van der Waals surface area contributed by atoms with Crippen molar-refractivity contribution in [2.24, 2.45) is 0 Å². The van der Waals surface area contributed by atoms with Crippen LogP contribution < -0.4 is 10.1 Å². The summed E-state index contributed by atoms with van der Waals surface area (Å²) in [5.41, 5.74) is 0. The fourth-order valence-corrected chi connectivity index (χ4v) is 1.05. The van der Waals surface area contributed by atoms with Crippen LogP contribution in [0.25, 0.3) is 0 Å². The fraction of sp³-hybridized carbons (Fsp3) is 0.167. The molecule has 1 rings (SSSR count). The molecule has 5 nitrogen and oxygen atoms in total. The Labute approximate surface area is 72.6 Å². The van der Waals surface area contributed by atoms with Gasteiger partial charge in [0.15, 0.2) is 0 Å². The summed E-state index contributed by atoms with van der Waals surface area (Å²) < 4.78 is 4.65. The molecule has 0 aliphatic heterocycles. The summed E-state index contributed by atoms with van der Waals surface area (Å²) in [7, 11) is 1.45. The van der Waals surface area contributed by atoms with Crippen molar-refractivity contribution in [1.82, 2.24) is 10.3 Å². The van der Waals surface area contributed by atoms with E-state index in [0.29, 0.717) is 4.88 Å². The number of hydrogen-bond donors (Lipinski definition) is 1. The molecule has 0 saturated carbocycles. The maximum Gasteiger partial charge on any atom is 0.414 e. The van der Waals surface area contributed by atoms with Crippen LogP contribution in [-0.4, -0.2) is 18.1 Å². The molecule has 0 aliphatic rings. The Bertz CT molecular complexity index is 328. The number of aromatic nitrogens is 1. The van der Waals surface area contributed by atoms with Crippen LogP contribution in [0.15, 0.2) is 6.20 Å². The molecule has 1 aromatic rings. The molecule has 0 spiro atoms. The van der Waals surface area contributed by atoms with Gasteiger partial charge < -0.3 is 10.1 Å². The lowest BCUT2D eigenvalue weighted by molar-refractivity contribution is 0.203. The number of rotatable bonds is 1. The number of amides is 1. The van der Waals surface area contributed by atoms with Gasteiger partial charge in [0.05, 0.1) is 6.20 Å². The SMILES string of the molecule is CNC(=O)Oc1ncc(C#N)s1. The van der Waals surface area contributed by atoms with E-state index in [2.05, 4.69) is 15.0 Å². The van der Waals surface area contributed by atoms with Crippen LogP contribution in [0.1, 0.15) is 4.88 Å². The number of nitrogens with one attached hydrogen (secondary N) is 1. The first-order valence-electron chi connectivity index (χ1n) is 3.01. The van der Waals surface area contributed by atoms with Crippen molar-refractivity contribution >= 4 is 17.4 Å². The molecule has 0 bridgehead atoms. The summed E-state index contributed by atoms with van der Waals surface area (Å²) in [5.74, 6) is 0. The highest BCUT2D eigenvalue weighted by molar-refractivity contribution is 7.13. The van der Waals surface area contributed by atoms with Gasteiger partial charge >= 0.3 is 6.09 Å². The van der Waals surface area contributed by atoms with Crippen LogP contribution in [0.4, 0.5) is 4.79 Å². The minimum atomic E-state index is -0.589. The summed E-state index contributed by atoms with van der Waals surface area (Å²) in [4.78, 5) is 14.7. The number of nitrogens with zero attached hydrogens (tertiary/aromatic N) is 2. The fourth-order valence-electron chi connectivity index (χ4n) is 0.487. The maximum atomic E-state index is 10.6. The summed E-state index contributed by atoms with van der Waals surface area (Å²) in [6, 6.07) is 1.88. The molecule has 12 heavy (non-hydrogen) atoms. The van der Waals surface area contributed by atoms with Crippen molar-refractivity contribution in [3.05, 3.63) is 11.1 Å². The van der Waals surface area contributed by atoms with E-state index in [-0.39, 0.29) is 5.19 Å². The molecule has 6 heteroatoms. The molecule has 0 radical (unpaired) electrons. The largest absolute Gasteiger partial charge is 0.414 e. The number of ether oxygens (including phenoxy) is 1. The molecule has 1 aromatic heterocycles. The van der Waals surface area contributed by atoms with E-state index in [1.165, 1.54) is 13.2 Å². The van der Waals surface area contributed by atoms with E-state index >= 15 is 0 Å². The van der Waals surface area contributed by atoms with Crippen molar-refractivity contribution < 1.29 is 9.53 Å². The minimum absolute atomic E-state index is 0.172. The molecule has 0 unspecified atom stereocenters.